The van der Waals surface area contributed by atoms with Gasteiger partial charge in [-0.3, -0.25) is 5.32 Å². The van der Waals surface area contributed by atoms with Gasteiger partial charge in [0.05, 0.1) is 12.2 Å². The lowest BCUT2D eigenvalue weighted by Crippen LogP contribution is -2.23. The molecule has 2 atom stereocenters. The molecule has 0 radical (unpaired) electrons. The summed E-state index contributed by atoms with van der Waals surface area (Å²) in [4.78, 5) is 4.29. The van der Waals surface area contributed by atoms with Gasteiger partial charge in [-0.15, -0.1) is 0 Å². The lowest BCUT2D eigenvalue weighted by Gasteiger charge is -2.18. The molecule has 0 aliphatic heterocycles. The molecule has 1 aromatic carbocycles. The summed E-state index contributed by atoms with van der Waals surface area (Å²) >= 11 is 3.53. The van der Waals surface area contributed by atoms with Crippen LogP contribution in [0.3, 0.4) is 0 Å². The van der Waals surface area contributed by atoms with E-state index in [4.69, 9.17) is 4.42 Å². The smallest absolute Gasteiger partial charge is 0.211 e. The summed E-state index contributed by atoms with van der Waals surface area (Å²) in [6.07, 6.45) is 4.03. The van der Waals surface area contributed by atoms with Crippen LogP contribution in [0, 0.1) is 6.92 Å². The quantitative estimate of drug-likeness (QED) is 0.925. The summed E-state index contributed by atoms with van der Waals surface area (Å²) in [5.74, 6) is 1.63. The van der Waals surface area contributed by atoms with Crippen molar-refractivity contribution in [2.75, 3.05) is 0 Å². The minimum atomic E-state index is 0.133. The van der Waals surface area contributed by atoms with Crippen LogP contribution in [0.1, 0.15) is 48.2 Å². The Balaban J connectivity index is 1.76. The summed E-state index contributed by atoms with van der Waals surface area (Å²) in [6, 6.07) is 7.06. The van der Waals surface area contributed by atoms with E-state index in [1.807, 2.05) is 6.92 Å². The molecule has 1 aromatic heterocycles. The minimum Gasteiger partial charge on any atom is -0.444 e. The molecule has 0 amide bonds. The summed E-state index contributed by atoms with van der Waals surface area (Å²) in [7, 11) is 0. The van der Waals surface area contributed by atoms with Crippen molar-refractivity contribution in [3.63, 3.8) is 0 Å². The maximum Gasteiger partial charge on any atom is 0.211 e. The van der Waals surface area contributed by atoms with E-state index < -0.39 is 0 Å². The molecule has 0 saturated carbocycles. The predicted molar refractivity (Wildman–Crippen MR) is 78.0 cm³/mol. The molecule has 2 unspecified atom stereocenters. The normalized spacial score (nSPS) is 19.4. The number of halogens is 1. The van der Waals surface area contributed by atoms with Crippen molar-refractivity contribution in [1.29, 1.82) is 0 Å². The van der Waals surface area contributed by atoms with E-state index in [9.17, 15) is 0 Å². The van der Waals surface area contributed by atoms with Crippen LogP contribution in [0.15, 0.2) is 33.3 Å². The van der Waals surface area contributed by atoms with Crippen molar-refractivity contribution in [1.82, 2.24) is 10.3 Å². The molecule has 0 bridgehead atoms. The number of fused-ring (bicyclic) bond motifs is 1. The third-order valence-electron chi connectivity index (χ3n) is 3.64. The second-order valence-electron chi connectivity index (χ2n) is 5.13. The number of rotatable bonds is 3. The fraction of sp³-hybridized carbons (Fsp3) is 0.400. The molecular weight excluding hydrogens is 304 g/mol. The van der Waals surface area contributed by atoms with Crippen LogP contribution in [-0.4, -0.2) is 4.98 Å². The van der Waals surface area contributed by atoms with E-state index in [1.165, 1.54) is 11.1 Å². The van der Waals surface area contributed by atoms with Gasteiger partial charge in [0.15, 0.2) is 0 Å². The number of benzene rings is 1. The van der Waals surface area contributed by atoms with Gasteiger partial charge in [-0.05, 0) is 49.9 Å². The molecule has 1 N–H and O–H groups in total. The van der Waals surface area contributed by atoms with Crippen molar-refractivity contribution >= 4 is 15.9 Å². The Morgan fingerprint density at radius 3 is 3.05 bits per heavy atom. The first-order chi connectivity index (χ1) is 9.13. The molecular formula is C15H17BrN2O. The number of hydrogen-bond donors (Lipinski definition) is 1. The number of hydrogen-bond acceptors (Lipinski definition) is 3. The number of nitrogens with zero attached hydrogens (tertiary/aromatic N) is 1. The van der Waals surface area contributed by atoms with E-state index in [-0.39, 0.29) is 6.04 Å². The van der Waals surface area contributed by atoms with Crippen LogP contribution in [0.2, 0.25) is 0 Å². The molecule has 4 heteroatoms. The Morgan fingerprint density at radius 1 is 1.47 bits per heavy atom. The third kappa shape index (κ3) is 2.60. The Labute approximate surface area is 121 Å². The molecule has 0 spiro atoms. The fourth-order valence-corrected chi connectivity index (χ4v) is 3.11. The predicted octanol–water partition coefficient (Wildman–Crippen LogP) is 4.08. The zero-order valence-electron chi connectivity index (χ0n) is 11.1. The molecule has 0 saturated heterocycles. The fourth-order valence-electron chi connectivity index (χ4n) is 2.70. The van der Waals surface area contributed by atoms with Gasteiger partial charge in [0.25, 0.3) is 0 Å². The molecule has 1 aliphatic carbocycles. The Kier molecular flexibility index (Phi) is 3.46. The van der Waals surface area contributed by atoms with Crippen molar-refractivity contribution in [2.24, 2.45) is 0 Å². The topological polar surface area (TPSA) is 38.1 Å². The SMILES string of the molecule is Cc1cnc(C(C)NC2CCc3cc(Br)ccc32)o1. The molecule has 3 rings (SSSR count). The van der Waals surface area contributed by atoms with Crippen molar-refractivity contribution < 1.29 is 4.42 Å². The van der Waals surface area contributed by atoms with Crippen LogP contribution >= 0.6 is 15.9 Å². The van der Waals surface area contributed by atoms with Crippen LogP contribution in [0.4, 0.5) is 0 Å². The molecule has 0 fully saturated rings. The maximum absolute atomic E-state index is 5.58. The van der Waals surface area contributed by atoms with Crippen LogP contribution in [0.5, 0.6) is 0 Å². The lowest BCUT2D eigenvalue weighted by atomic mass is 10.1. The van der Waals surface area contributed by atoms with Crippen molar-refractivity contribution in [3.8, 4) is 0 Å². The first-order valence-electron chi connectivity index (χ1n) is 6.60. The zero-order chi connectivity index (χ0) is 13.4. The molecule has 3 nitrogen and oxygen atoms in total. The van der Waals surface area contributed by atoms with Gasteiger partial charge in [0.2, 0.25) is 5.89 Å². The molecule has 19 heavy (non-hydrogen) atoms. The van der Waals surface area contributed by atoms with E-state index in [1.54, 1.807) is 6.20 Å². The monoisotopic (exact) mass is 320 g/mol. The van der Waals surface area contributed by atoms with E-state index in [2.05, 4.69) is 51.4 Å². The molecule has 1 aliphatic rings. The summed E-state index contributed by atoms with van der Waals surface area (Å²) in [5, 5.41) is 3.61. The Bertz CT molecular complexity index is 594. The van der Waals surface area contributed by atoms with Crippen LogP contribution in [-0.2, 0) is 6.42 Å². The van der Waals surface area contributed by atoms with E-state index >= 15 is 0 Å². The first kappa shape index (κ1) is 12.9. The molecule has 1 heterocycles. The van der Waals surface area contributed by atoms with E-state index in [0.29, 0.717) is 6.04 Å². The zero-order valence-corrected chi connectivity index (χ0v) is 12.7. The highest BCUT2D eigenvalue weighted by Gasteiger charge is 2.25. The van der Waals surface area contributed by atoms with Gasteiger partial charge in [-0.2, -0.15) is 0 Å². The van der Waals surface area contributed by atoms with Crippen LogP contribution < -0.4 is 5.32 Å². The van der Waals surface area contributed by atoms with Gasteiger partial charge in [0.1, 0.15) is 5.76 Å². The number of aryl methyl sites for hydroxylation is 2. The number of nitrogens with one attached hydrogen (secondary N) is 1. The number of aromatic nitrogens is 1. The van der Waals surface area contributed by atoms with Crippen LogP contribution in [0.25, 0.3) is 0 Å². The van der Waals surface area contributed by atoms with Crippen molar-refractivity contribution in [3.05, 3.63) is 51.6 Å². The van der Waals surface area contributed by atoms with Gasteiger partial charge in [0, 0.05) is 10.5 Å². The highest BCUT2D eigenvalue weighted by atomic mass is 79.9. The first-order valence-corrected chi connectivity index (χ1v) is 7.39. The second kappa shape index (κ2) is 5.10. The summed E-state index contributed by atoms with van der Waals surface area (Å²) < 4.78 is 6.74. The van der Waals surface area contributed by atoms with Crippen molar-refractivity contribution in [2.45, 2.75) is 38.8 Å². The number of oxazole rings is 1. The van der Waals surface area contributed by atoms with Gasteiger partial charge >= 0.3 is 0 Å². The highest BCUT2D eigenvalue weighted by molar-refractivity contribution is 9.10. The summed E-state index contributed by atoms with van der Waals surface area (Å²) in [6.45, 7) is 4.02. The Morgan fingerprint density at radius 2 is 2.32 bits per heavy atom. The Hall–Kier alpha value is -1.13. The average molecular weight is 321 g/mol. The van der Waals surface area contributed by atoms with E-state index in [0.717, 1.165) is 29.0 Å². The maximum atomic E-state index is 5.58. The molecule has 100 valence electrons. The third-order valence-corrected chi connectivity index (χ3v) is 4.14. The van der Waals surface area contributed by atoms with Gasteiger partial charge < -0.3 is 4.42 Å². The average Bonchev–Trinajstić information content (AvgIpc) is 2.96. The highest BCUT2D eigenvalue weighted by Crippen LogP contribution is 2.34. The van der Waals surface area contributed by atoms with Gasteiger partial charge in [-0.25, -0.2) is 4.98 Å². The minimum absolute atomic E-state index is 0.133. The molecule has 2 aromatic rings. The largest absolute Gasteiger partial charge is 0.444 e. The summed E-state index contributed by atoms with van der Waals surface area (Å²) in [5.41, 5.74) is 2.83. The second-order valence-corrected chi connectivity index (χ2v) is 6.05. The van der Waals surface area contributed by atoms with Gasteiger partial charge in [-0.1, -0.05) is 22.0 Å². The standard InChI is InChI=1S/C15H17BrN2O/c1-9-8-17-15(19-9)10(2)18-14-6-3-11-7-12(16)4-5-13(11)14/h4-5,7-8,10,14,18H,3,6H2,1-2H3. The lowest BCUT2D eigenvalue weighted by molar-refractivity contribution is 0.371.